The van der Waals surface area contributed by atoms with Crippen LogP contribution < -0.4 is 0 Å². The molecule has 0 N–H and O–H groups in total. The quantitative estimate of drug-likeness (QED) is 0.656. The summed E-state index contributed by atoms with van der Waals surface area (Å²) >= 11 is 0. The maximum Gasteiger partial charge on any atom is 0.202 e. The first kappa shape index (κ1) is 13.6. The number of rotatable bonds is 3. The Morgan fingerprint density at radius 2 is 1.81 bits per heavy atom. The van der Waals surface area contributed by atoms with Crippen molar-refractivity contribution in [1.82, 2.24) is 0 Å². The Balaban J connectivity index is 1.94. The molecule has 3 heteroatoms. The van der Waals surface area contributed by atoms with Crippen molar-refractivity contribution < 1.29 is 13.6 Å². The van der Waals surface area contributed by atoms with Gasteiger partial charge in [-0.25, -0.2) is 4.39 Å². The number of hydrogen-bond acceptors (Lipinski definition) is 2. The van der Waals surface area contributed by atoms with Crippen molar-refractivity contribution in [3.05, 3.63) is 70.7 Å². The fourth-order valence-electron chi connectivity index (χ4n) is 2.43. The molecular weight excluding hydrogens is 267 g/mol. The summed E-state index contributed by atoms with van der Waals surface area (Å²) in [6.45, 7) is 3.79. The lowest BCUT2D eigenvalue weighted by Gasteiger charge is -2.00. The van der Waals surface area contributed by atoms with Gasteiger partial charge in [-0.2, -0.15) is 0 Å². The van der Waals surface area contributed by atoms with Crippen LogP contribution in [-0.2, 0) is 6.42 Å². The smallest absolute Gasteiger partial charge is 0.202 e. The zero-order valence-electron chi connectivity index (χ0n) is 11.9. The summed E-state index contributed by atoms with van der Waals surface area (Å²) in [5, 5.41) is 0.655. The zero-order chi connectivity index (χ0) is 15.0. The highest BCUT2D eigenvalue weighted by atomic mass is 19.1. The van der Waals surface area contributed by atoms with Crippen LogP contribution in [0.3, 0.4) is 0 Å². The molecule has 106 valence electrons. The number of halogens is 1. The molecule has 0 saturated heterocycles. The van der Waals surface area contributed by atoms with Crippen molar-refractivity contribution in [3.63, 3.8) is 0 Å². The van der Waals surface area contributed by atoms with E-state index in [1.54, 1.807) is 13.0 Å². The van der Waals surface area contributed by atoms with Crippen molar-refractivity contribution in [3.8, 4) is 0 Å². The van der Waals surface area contributed by atoms with E-state index in [-0.39, 0.29) is 18.0 Å². The molecule has 0 aliphatic carbocycles. The molecule has 0 aliphatic heterocycles. The molecule has 0 aliphatic rings. The SMILES string of the molecule is Cc1ccc(CC(=O)c2oc3ccc(F)cc3c2C)cc1. The summed E-state index contributed by atoms with van der Waals surface area (Å²) in [4.78, 5) is 12.4. The van der Waals surface area contributed by atoms with Crippen LogP contribution in [0, 0.1) is 19.7 Å². The number of Topliss-reactive ketones (excluding diaryl/α,β-unsaturated/α-hetero) is 1. The first-order valence-electron chi connectivity index (χ1n) is 6.82. The van der Waals surface area contributed by atoms with Crippen LogP contribution in [0.4, 0.5) is 4.39 Å². The van der Waals surface area contributed by atoms with Crippen LogP contribution in [0.25, 0.3) is 11.0 Å². The third kappa shape index (κ3) is 2.59. The molecule has 3 aromatic rings. The second kappa shape index (κ2) is 5.17. The molecular formula is C18H15FO2. The summed E-state index contributed by atoms with van der Waals surface area (Å²) in [7, 11) is 0. The van der Waals surface area contributed by atoms with Gasteiger partial charge in [0.1, 0.15) is 11.4 Å². The monoisotopic (exact) mass is 282 g/mol. The molecule has 1 aromatic heterocycles. The molecule has 2 aromatic carbocycles. The van der Waals surface area contributed by atoms with Gasteiger partial charge in [-0.05, 0) is 37.6 Å². The maximum atomic E-state index is 13.3. The predicted molar refractivity (Wildman–Crippen MR) is 80.1 cm³/mol. The number of hydrogen-bond donors (Lipinski definition) is 0. The van der Waals surface area contributed by atoms with E-state index in [2.05, 4.69) is 0 Å². The van der Waals surface area contributed by atoms with E-state index in [1.165, 1.54) is 12.1 Å². The summed E-state index contributed by atoms with van der Waals surface area (Å²) in [6, 6.07) is 12.1. The van der Waals surface area contributed by atoms with Gasteiger partial charge >= 0.3 is 0 Å². The molecule has 0 unspecified atom stereocenters. The minimum Gasteiger partial charge on any atom is -0.453 e. The van der Waals surface area contributed by atoms with Crippen LogP contribution >= 0.6 is 0 Å². The van der Waals surface area contributed by atoms with Gasteiger partial charge < -0.3 is 4.42 Å². The first-order valence-corrected chi connectivity index (χ1v) is 6.82. The minimum absolute atomic E-state index is 0.0899. The lowest BCUT2D eigenvalue weighted by molar-refractivity contribution is 0.0967. The highest BCUT2D eigenvalue weighted by Gasteiger charge is 2.18. The van der Waals surface area contributed by atoms with Gasteiger partial charge in [0.2, 0.25) is 5.78 Å². The van der Waals surface area contributed by atoms with Gasteiger partial charge in [0.15, 0.2) is 5.76 Å². The van der Waals surface area contributed by atoms with Crippen LogP contribution in [0.5, 0.6) is 0 Å². The zero-order valence-corrected chi connectivity index (χ0v) is 11.9. The number of aryl methyl sites for hydroxylation is 2. The third-order valence-corrected chi connectivity index (χ3v) is 3.64. The van der Waals surface area contributed by atoms with E-state index in [4.69, 9.17) is 4.42 Å². The third-order valence-electron chi connectivity index (χ3n) is 3.64. The highest BCUT2D eigenvalue weighted by molar-refractivity contribution is 6.01. The summed E-state index contributed by atoms with van der Waals surface area (Å²) in [6.07, 6.45) is 0.281. The molecule has 2 nitrogen and oxygen atoms in total. The van der Waals surface area contributed by atoms with Gasteiger partial charge in [-0.3, -0.25) is 4.79 Å². The number of carbonyl (C=O) groups excluding carboxylic acids is 1. The number of fused-ring (bicyclic) bond motifs is 1. The van der Waals surface area contributed by atoms with Crippen molar-refractivity contribution in [1.29, 1.82) is 0 Å². The average Bonchev–Trinajstić information content (AvgIpc) is 2.79. The molecule has 0 atom stereocenters. The topological polar surface area (TPSA) is 30.2 Å². The minimum atomic E-state index is -0.330. The lowest BCUT2D eigenvalue weighted by atomic mass is 10.0. The van der Waals surface area contributed by atoms with E-state index < -0.39 is 0 Å². The molecule has 21 heavy (non-hydrogen) atoms. The first-order chi connectivity index (χ1) is 10.0. The highest BCUT2D eigenvalue weighted by Crippen LogP contribution is 2.27. The lowest BCUT2D eigenvalue weighted by Crippen LogP contribution is -2.03. The summed E-state index contributed by atoms with van der Waals surface area (Å²) < 4.78 is 18.9. The number of ketones is 1. The van der Waals surface area contributed by atoms with Crippen molar-refractivity contribution in [2.24, 2.45) is 0 Å². The second-order valence-electron chi connectivity index (χ2n) is 5.28. The van der Waals surface area contributed by atoms with Crippen LogP contribution in [0.1, 0.15) is 27.2 Å². The Morgan fingerprint density at radius 1 is 1.10 bits per heavy atom. The Kier molecular flexibility index (Phi) is 3.34. The van der Waals surface area contributed by atoms with Crippen molar-refractivity contribution >= 4 is 16.8 Å². The Labute approximate surface area is 122 Å². The molecule has 0 saturated carbocycles. The number of furan rings is 1. The van der Waals surface area contributed by atoms with Gasteiger partial charge in [0, 0.05) is 17.4 Å². The van der Waals surface area contributed by atoms with Gasteiger partial charge in [-0.1, -0.05) is 29.8 Å². The molecule has 0 radical (unpaired) electrons. The summed E-state index contributed by atoms with van der Waals surface area (Å²) in [5.41, 5.74) is 3.33. The standard InChI is InChI=1S/C18H15FO2/c1-11-3-5-13(6-4-11)9-16(20)18-12(2)15-10-14(19)7-8-17(15)21-18/h3-8,10H,9H2,1-2H3. The van der Waals surface area contributed by atoms with E-state index in [1.807, 2.05) is 31.2 Å². The number of carbonyl (C=O) groups is 1. The fourth-order valence-corrected chi connectivity index (χ4v) is 2.43. The largest absolute Gasteiger partial charge is 0.453 e. The van der Waals surface area contributed by atoms with E-state index in [0.717, 1.165) is 11.1 Å². The normalized spacial score (nSPS) is 11.0. The van der Waals surface area contributed by atoms with Gasteiger partial charge in [-0.15, -0.1) is 0 Å². The molecule has 0 bridgehead atoms. The summed E-state index contributed by atoms with van der Waals surface area (Å²) in [5.74, 6) is -0.104. The molecule has 1 heterocycles. The Morgan fingerprint density at radius 3 is 2.52 bits per heavy atom. The Hall–Kier alpha value is -2.42. The average molecular weight is 282 g/mol. The van der Waals surface area contributed by atoms with Crippen molar-refractivity contribution in [2.75, 3.05) is 0 Å². The molecule has 0 fully saturated rings. The van der Waals surface area contributed by atoms with Crippen LogP contribution in [-0.4, -0.2) is 5.78 Å². The fraction of sp³-hybridized carbons (Fsp3) is 0.167. The maximum absolute atomic E-state index is 13.3. The second-order valence-corrected chi connectivity index (χ2v) is 5.28. The molecule has 0 spiro atoms. The van der Waals surface area contributed by atoms with Gasteiger partial charge in [0.25, 0.3) is 0 Å². The van der Waals surface area contributed by atoms with E-state index in [0.29, 0.717) is 22.3 Å². The van der Waals surface area contributed by atoms with Gasteiger partial charge in [0.05, 0.1) is 0 Å². The Bertz CT molecular complexity index is 813. The molecule has 0 amide bonds. The number of benzene rings is 2. The van der Waals surface area contributed by atoms with Crippen molar-refractivity contribution in [2.45, 2.75) is 20.3 Å². The van der Waals surface area contributed by atoms with E-state index in [9.17, 15) is 9.18 Å². The van der Waals surface area contributed by atoms with Crippen LogP contribution in [0.2, 0.25) is 0 Å². The predicted octanol–water partition coefficient (Wildman–Crippen LogP) is 4.61. The van der Waals surface area contributed by atoms with E-state index >= 15 is 0 Å². The van der Waals surface area contributed by atoms with Crippen LogP contribution in [0.15, 0.2) is 46.9 Å². The molecule has 3 rings (SSSR count).